The van der Waals surface area contributed by atoms with E-state index in [1.54, 1.807) is 40.3 Å². The molecule has 4 amide bonds. The molecular weight excluding hydrogens is 502 g/mol. The Hall–Kier alpha value is -3.78. The Kier molecular flexibility index (Phi) is 16.1. The number of hydrogen-bond acceptors (Lipinski definition) is 8. The maximum atomic E-state index is 11.8. The average molecular weight is 546 g/mol. The molecule has 0 saturated heterocycles. The van der Waals surface area contributed by atoms with Crippen LogP contribution in [0.4, 0.5) is 19.2 Å². The third-order valence-corrected chi connectivity index (χ3v) is 4.02. The normalized spacial score (nSPS) is 10.8. The van der Waals surface area contributed by atoms with Crippen LogP contribution in [0.5, 0.6) is 11.5 Å². The molecule has 0 saturated carbocycles. The summed E-state index contributed by atoms with van der Waals surface area (Å²) in [5.74, 6) is 0.357. The van der Waals surface area contributed by atoms with E-state index in [2.05, 4.69) is 5.32 Å². The minimum Gasteiger partial charge on any atom is -0.465 e. The van der Waals surface area contributed by atoms with Crippen molar-refractivity contribution in [3.05, 3.63) is 23.8 Å². The van der Waals surface area contributed by atoms with Gasteiger partial charge < -0.3 is 49.7 Å². The highest BCUT2D eigenvalue weighted by Crippen LogP contribution is 2.27. The Morgan fingerprint density at radius 2 is 1.05 bits per heavy atom. The van der Waals surface area contributed by atoms with Gasteiger partial charge in [0.25, 0.3) is 0 Å². The van der Waals surface area contributed by atoms with E-state index in [1.165, 1.54) is 44.1 Å². The molecule has 38 heavy (non-hydrogen) atoms. The molecule has 0 aliphatic carbocycles. The molecule has 1 atom stereocenters. The lowest BCUT2D eigenvalue weighted by Crippen LogP contribution is -2.38. The van der Waals surface area contributed by atoms with Crippen LogP contribution in [0.15, 0.2) is 18.2 Å². The molecule has 4 N–H and O–H groups in total. The molecule has 218 valence electrons. The standard InChI is InChI=1S/C18H29N3O5.2C3H7NO2/c1-18(2,3)19-11-15(22)12-8-13(25-16(23)20(4)5)10-14(9-12)26-17(24)21(6)7;2*1-4(2)3(5)6/h8-10,15,19,22H,11H2,1-7H3;2*1-2H3,(H,5,6). The smallest absolute Gasteiger partial charge is 0.414 e. The summed E-state index contributed by atoms with van der Waals surface area (Å²) < 4.78 is 10.5. The number of aliphatic hydroxyl groups excluding tert-OH is 1. The largest absolute Gasteiger partial charge is 0.465 e. The van der Waals surface area contributed by atoms with Crippen molar-refractivity contribution >= 4 is 24.4 Å². The van der Waals surface area contributed by atoms with Crippen molar-refractivity contribution in [3.63, 3.8) is 0 Å². The molecule has 0 aliphatic rings. The second-order valence-electron chi connectivity index (χ2n) is 9.76. The number of nitrogens with zero attached hydrogens (tertiary/aromatic N) is 4. The van der Waals surface area contributed by atoms with Crippen LogP contribution in [0.1, 0.15) is 32.4 Å². The van der Waals surface area contributed by atoms with Gasteiger partial charge in [0.15, 0.2) is 0 Å². The van der Waals surface area contributed by atoms with Gasteiger partial charge in [-0.15, -0.1) is 0 Å². The van der Waals surface area contributed by atoms with Crippen molar-refractivity contribution in [2.45, 2.75) is 32.4 Å². The Labute approximate surface area is 224 Å². The molecule has 1 unspecified atom stereocenters. The van der Waals surface area contributed by atoms with Crippen LogP contribution in [0.3, 0.4) is 0 Å². The highest BCUT2D eigenvalue weighted by molar-refractivity contribution is 5.72. The van der Waals surface area contributed by atoms with Gasteiger partial charge in [0.1, 0.15) is 11.5 Å². The second kappa shape index (κ2) is 16.9. The van der Waals surface area contributed by atoms with Gasteiger partial charge in [0, 0.05) is 74.5 Å². The lowest BCUT2D eigenvalue weighted by Gasteiger charge is -2.23. The first-order chi connectivity index (χ1) is 17.2. The molecule has 1 aromatic carbocycles. The highest BCUT2D eigenvalue weighted by Gasteiger charge is 2.18. The monoisotopic (exact) mass is 545 g/mol. The van der Waals surface area contributed by atoms with Crippen LogP contribution >= 0.6 is 0 Å². The second-order valence-corrected chi connectivity index (χ2v) is 9.76. The van der Waals surface area contributed by atoms with Crippen LogP contribution in [0, 0.1) is 0 Å². The van der Waals surface area contributed by atoms with Gasteiger partial charge in [0.2, 0.25) is 0 Å². The molecular formula is C24H43N5O9. The Morgan fingerprint density at radius 3 is 1.29 bits per heavy atom. The minimum atomic E-state index is -0.907. The number of carboxylic acid groups (broad SMARTS) is 2. The fourth-order valence-electron chi connectivity index (χ4n) is 1.81. The fourth-order valence-corrected chi connectivity index (χ4v) is 1.81. The Morgan fingerprint density at radius 1 is 0.737 bits per heavy atom. The van der Waals surface area contributed by atoms with Gasteiger partial charge in [-0.1, -0.05) is 0 Å². The number of amides is 4. The molecule has 1 rings (SSSR count). The Bertz CT molecular complexity index is 855. The lowest BCUT2D eigenvalue weighted by atomic mass is 10.1. The summed E-state index contributed by atoms with van der Waals surface area (Å²) in [5.41, 5.74) is 0.295. The van der Waals surface area contributed by atoms with Gasteiger partial charge in [-0.25, -0.2) is 19.2 Å². The third kappa shape index (κ3) is 17.6. The molecule has 0 heterocycles. The summed E-state index contributed by atoms with van der Waals surface area (Å²) in [4.78, 5) is 47.6. The quantitative estimate of drug-likeness (QED) is 0.431. The molecule has 0 spiro atoms. The number of aliphatic hydroxyl groups is 1. The molecule has 0 radical (unpaired) electrons. The molecule has 0 bridgehead atoms. The van der Waals surface area contributed by atoms with E-state index < -0.39 is 30.5 Å². The SMILES string of the molecule is CN(C)C(=O)O.CN(C)C(=O)O.CN(C)C(=O)Oc1cc(OC(=O)N(C)C)cc(C(O)CNC(C)(C)C)c1. The van der Waals surface area contributed by atoms with Crippen LogP contribution in [-0.2, 0) is 0 Å². The third-order valence-electron chi connectivity index (χ3n) is 4.02. The summed E-state index contributed by atoms with van der Waals surface area (Å²) in [5, 5.41) is 29.5. The summed E-state index contributed by atoms with van der Waals surface area (Å²) in [6.45, 7) is 6.24. The number of nitrogens with one attached hydrogen (secondary N) is 1. The van der Waals surface area contributed by atoms with Gasteiger partial charge in [0.05, 0.1) is 6.10 Å². The summed E-state index contributed by atoms with van der Waals surface area (Å²) in [6.07, 6.45) is -3.84. The van der Waals surface area contributed by atoms with E-state index in [0.717, 1.165) is 9.80 Å². The van der Waals surface area contributed by atoms with Gasteiger partial charge in [-0.05, 0) is 38.5 Å². The maximum absolute atomic E-state index is 11.8. The van der Waals surface area contributed by atoms with Crippen LogP contribution in [-0.4, -0.2) is 128 Å². The van der Waals surface area contributed by atoms with Gasteiger partial charge >= 0.3 is 24.4 Å². The lowest BCUT2D eigenvalue weighted by molar-refractivity contribution is 0.159. The first-order valence-electron chi connectivity index (χ1n) is 11.3. The summed E-state index contributed by atoms with van der Waals surface area (Å²) >= 11 is 0. The number of hydrogen-bond donors (Lipinski definition) is 4. The molecule has 0 aliphatic heterocycles. The van der Waals surface area contributed by atoms with E-state index in [4.69, 9.17) is 19.7 Å². The van der Waals surface area contributed by atoms with E-state index in [-0.39, 0.29) is 23.6 Å². The van der Waals surface area contributed by atoms with Gasteiger partial charge in [-0.3, -0.25) is 0 Å². The highest BCUT2D eigenvalue weighted by atomic mass is 16.6. The number of ether oxygens (including phenoxy) is 2. The molecule has 0 aromatic heterocycles. The van der Waals surface area contributed by atoms with Crippen molar-refractivity contribution in [2.75, 3.05) is 62.9 Å². The zero-order chi connectivity index (χ0) is 30.4. The van der Waals surface area contributed by atoms with Gasteiger partial charge in [-0.2, -0.15) is 0 Å². The molecule has 1 aromatic rings. The molecule has 0 fully saturated rings. The predicted octanol–water partition coefficient (Wildman–Crippen LogP) is 2.68. The minimum absolute atomic E-state index is 0.170. The van der Waals surface area contributed by atoms with Crippen LogP contribution in [0.25, 0.3) is 0 Å². The zero-order valence-electron chi connectivity index (χ0n) is 24.1. The van der Waals surface area contributed by atoms with Crippen LogP contribution < -0.4 is 14.8 Å². The van der Waals surface area contributed by atoms with Crippen molar-refractivity contribution < 1.29 is 44.0 Å². The Balaban J connectivity index is 0. The van der Waals surface area contributed by atoms with E-state index in [1.807, 2.05) is 20.8 Å². The molecule has 14 heteroatoms. The maximum Gasteiger partial charge on any atom is 0.414 e. The number of β-amino-alcohol motifs (C(OH)–C–C–N with tert-alkyl or cyclic N) is 1. The van der Waals surface area contributed by atoms with Crippen molar-refractivity contribution in [1.29, 1.82) is 0 Å². The number of carbonyl (C=O) groups excluding carboxylic acids is 2. The predicted molar refractivity (Wildman–Crippen MR) is 142 cm³/mol. The zero-order valence-corrected chi connectivity index (χ0v) is 24.1. The fraction of sp³-hybridized carbons (Fsp3) is 0.583. The molecule has 14 nitrogen and oxygen atoms in total. The first kappa shape index (κ1) is 36.4. The average Bonchev–Trinajstić information content (AvgIpc) is 2.77. The topological polar surface area (TPSA) is 172 Å². The summed E-state index contributed by atoms with van der Waals surface area (Å²) in [6, 6.07) is 4.52. The first-order valence-corrected chi connectivity index (χ1v) is 11.3. The number of rotatable bonds is 5. The van der Waals surface area contributed by atoms with E-state index >= 15 is 0 Å². The summed E-state index contributed by atoms with van der Waals surface area (Å²) in [7, 11) is 12.1. The van der Waals surface area contributed by atoms with Crippen molar-refractivity contribution in [3.8, 4) is 11.5 Å². The van der Waals surface area contributed by atoms with Crippen molar-refractivity contribution in [2.24, 2.45) is 0 Å². The number of carbonyl (C=O) groups is 4. The van der Waals surface area contributed by atoms with Crippen LogP contribution in [0.2, 0.25) is 0 Å². The van der Waals surface area contributed by atoms with Crippen molar-refractivity contribution in [1.82, 2.24) is 24.9 Å². The van der Waals surface area contributed by atoms with E-state index in [9.17, 15) is 24.3 Å². The van der Waals surface area contributed by atoms with E-state index in [0.29, 0.717) is 5.56 Å². The number of benzene rings is 1.